The lowest BCUT2D eigenvalue weighted by Crippen LogP contribution is -2.32. The van der Waals surface area contributed by atoms with Crippen LogP contribution in [-0.4, -0.2) is 17.7 Å². The van der Waals surface area contributed by atoms with Gasteiger partial charge in [0.15, 0.2) is 0 Å². The van der Waals surface area contributed by atoms with Gasteiger partial charge in [-0.05, 0) is 54.6 Å². The molecule has 32 heavy (non-hydrogen) atoms. The lowest BCUT2D eigenvalue weighted by atomic mass is 10.1. The number of hydrogen-bond acceptors (Lipinski definition) is 4. The Morgan fingerprint density at radius 2 is 1.53 bits per heavy atom. The van der Waals surface area contributed by atoms with Gasteiger partial charge >= 0.3 is 0 Å². The molecule has 6 nitrogen and oxygen atoms in total. The third-order valence-electron chi connectivity index (χ3n) is 4.63. The van der Waals surface area contributed by atoms with E-state index in [1.54, 1.807) is 66.7 Å². The fourth-order valence-electron chi connectivity index (χ4n) is 3.08. The fourth-order valence-corrected chi connectivity index (χ4v) is 3.60. The Morgan fingerprint density at radius 3 is 2.25 bits per heavy atom. The number of imide groups is 1. The normalized spacial score (nSPS) is 13.5. The van der Waals surface area contributed by atoms with Crippen molar-refractivity contribution in [2.24, 2.45) is 0 Å². The molecule has 4 rings (SSSR count). The quantitative estimate of drug-likeness (QED) is 0.455. The van der Waals surface area contributed by atoms with E-state index in [4.69, 9.17) is 34.8 Å². The van der Waals surface area contributed by atoms with Crippen LogP contribution in [0, 0.1) is 0 Å². The van der Waals surface area contributed by atoms with E-state index in [0.717, 1.165) is 4.90 Å². The lowest BCUT2D eigenvalue weighted by Gasteiger charge is -2.15. The van der Waals surface area contributed by atoms with Gasteiger partial charge in [0, 0.05) is 16.3 Å². The first-order valence-electron chi connectivity index (χ1n) is 9.32. The number of carbonyl (C=O) groups excluding carboxylic acids is 3. The molecule has 160 valence electrons. The zero-order valence-electron chi connectivity index (χ0n) is 16.2. The molecule has 3 aromatic rings. The van der Waals surface area contributed by atoms with Crippen molar-refractivity contribution in [3.63, 3.8) is 0 Å². The average molecular weight is 487 g/mol. The molecule has 0 spiro atoms. The Bertz CT molecular complexity index is 1270. The Balaban J connectivity index is 1.55. The van der Waals surface area contributed by atoms with Crippen LogP contribution in [-0.2, 0) is 9.59 Å². The van der Waals surface area contributed by atoms with E-state index in [9.17, 15) is 14.4 Å². The summed E-state index contributed by atoms with van der Waals surface area (Å²) < 4.78 is 0. The predicted octanol–water partition coefficient (Wildman–Crippen LogP) is 5.68. The van der Waals surface area contributed by atoms with E-state index in [-0.39, 0.29) is 10.7 Å². The summed E-state index contributed by atoms with van der Waals surface area (Å²) >= 11 is 18.1. The fraction of sp³-hybridized carbons (Fsp3) is 0. The molecule has 2 N–H and O–H groups in total. The second-order valence-electron chi connectivity index (χ2n) is 6.75. The number of hydrogen-bond donors (Lipinski definition) is 2. The monoisotopic (exact) mass is 485 g/mol. The molecule has 0 radical (unpaired) electrons. The summed E-state index contributed by atoms with van der Waals surface area (Å²) in [6.45, 7) is 0. The van der Waals surface area contributed by atoms with Gasteiger partial charge in [-0.15, -0.1) is 0 Å². The van der Waals surface area contributed by atoms with Crippen LogP contribution in [0.3, 0.4) is 0 Å². The third kappa shape index (κ3) is 4.34. The number of anilines is 3. The molecule has 1 aliphatic rings. The smallest absolute Gasteiger partial charge is 0.283 e. The van der Waals surface area contributed by atoms with Gasteiger partial charge in [-0.1, -0.05) is 53.0 Å². The van der Waals surface area contributed by atoms with Crippen LogP contribution in [0.2, 0.25) is 10.0 Å². The molecule has 0 aromatic heterocycles. The first-order valence-corrected chi connectivity index (χ1v) is 10.5. The molecular formula is C23H14Cl3N3O3. The molecule has 0 unspecified atom stereocenters. The number of amides is 3. The summed E-state index contributed by atoms with van der Waals surface area (Å²) in [7, 11) is 0. The Morgan fingerprint density at radius 1 is 0.812 bits per heavy atom. The topological polar surface area (TPSA) is 78.5 Å². The van der Waals surface area contributed by atoms with Crippen LogP contribution < -0.4 is 15.5 Å². The van der Waals surface area contributed by atoms with E-state index in [2.05, 4.69) is 10.6 Å². The SMILES string of the molecule is O=C(Nc1ccccc1Cl)c1cccc(NC2=C(Cl)C(=O)N(c3ccc(Cl)cc3)C2=O)c1. The summed E-state index contributed by atoms with van der Waals surface area (Å²) in [5, 5.41) is 6.21. The molecular weight excluding hydrogens is 473 g/mol. The van der Waals surface area contributed by atoms with Gasteiger partial charge in [-0.3, -0.25) is 14.4 Å². The Hall–Kier alpha value is -3.32. The van der Waals surface area contributed by atoms with Crippen LogP contribution in [0.25, 0.3) is 0 Å². The number of halogens is 3. The third-order valence-corrected chi connectivity index (χ3v) is 5.56. The zero-order valence-corrected chi connectivity index (χ0v) is 18.5. The summed E-state index contributed by atoms with van der Waals surface area (Å²) in [6, 6.07) is 19.5. The van der Waals surface area contributed by atoms with E-state index in [1.807, 2.05) is 0 Å². The van der Waals surface area contributed by atoms with Crippen LogP contribution in [0.15, 0.2) is 83.5 Å². The van der Waals surface area contributed by atoms with Crippen molar-refractivity contribution in [2.45, 2.75) is 0 Å². The first-order chi connectivity index (χ1) is 15.3. The minimum absolute atomic E-state index is 0.0877. The van der Waals surface area contributed by atoms with Crippen molar-refractivity contribution in [1.82, 2.24) is 0 Å². The molecule has 0 atom stereocenters. The van der Waals surface area contributed by atoms with Gasteiger partial charge in [-0.25, -0.2) is 4.90 Å². The van der Waals surface area contributed by atoms with Crippen LogP contribution in [0.5, 0.6) is 0 Å². The molecule has 3 amide bonds. The van der Waals surface area contributed by atoms with Crippen molar-refractivity contribution < 1.29 is 14.4 Å². The van der Waals surface area contributed by atoms with E-state index < -0.39 is 17.7 Å². The van der Waals surface area contributed by atoms with E-state index in [1.165, 1.54) is 6.07 Å². The number of nitrogens with zero attached hydrogens (tertiary/aromatic N) is 1. The van der Waals surface area contributed by atoms with Crippen molar-refractivity contribution >= 4 is 69.6 Å². The highest BCUT2D eigenvalue weighted by Crippen LogP contribution is 2.31. The highest BCUT2D eigenvalue weighted by molar-refractivity contribution is 6.53. The average Bonchev–Trinajstić information content (AvgIpc) is 2.99. The van der Waals surface area contributed by atoms with Crippen molar-refractivity contribution in [3.05, 3.63) is 99.1 Å². The predicted molar refractivity (Wildman–Crippen MR) is 126 cm³/mol. The van der Waals surface area contributed by atoms with E-state index in [0.29, 0.717) is 32.7 Å². The molecule has 1 aliphatic heterocycles. The molecule has 3 aromatic carbocycles. The summed E-state index contributed by atoms with van der Waals surface area (Å²) in [6.07, 6.45) is 0. The van der Waals surface area contributed by atoms with Crippen LogP contribution in [0.1, 0.15) is 10.4 Å². The summed E-state index contributed by atoms with van der Waals surface area (Å²) in [5.74, 6) is -1.67. The molecule has 0 aliphatic carbocycles. The number of rotatable bonds is 5. The zero-order chi connectivity index (χ0) is 22.8. The Kier molecular flexibility index (Phi) is 6.19. The van der Waals surface area contributed by atoms with Gasteiger partial charge in [0.05, 0.1) is 16.4 Å². The van der Waals surface area contributed by atoms with Gasteiger partial charge in [0.25, 0.3) is 17.7 Å². The van der Waals surface area contributed by atoms with Crippen molar-refractivity contribution in [1.29, 1.82) is 0 Å². The van der Waals surface area contributed by atoms with Crippen molar-refractivity contribution in [2.75, 3.05) is 15.5 Å². The minimum Gasteiger partial charge on any atom is -0.350 e. The molecule has 9 heteroatoms. The molecule has 0 fully saturated rings. The lowest BCUT2D eigenvalue weighted by molar-refractivity contribution is -0.120. The first kappa shape index (κ1) is 21.9. The molecule has 0 saturated heterocycles. The maximum Gasteiger partial charge on any atom is 0.283 e. The van der Waals surface area contributed by atoms with Gasteiger partial charge in [0.1, 0.15) is 10.7 Å². The molecule has 1 heterocycles. The standard InChI is InChI=1S/C23H14Cl3N3O3/c24-14-8-10-16(11-9-14)29-22(31)19(26)20(23(29)32)27-15-5-3-4-13(12-15)21(30)28-18-7-2-1-6-17(18)25/h1-12,27H,(H,28,30). The highest BCUT2D eigenvalue weighted by Gasteiger charge is 2.39. The van der Waals surface area contributed by atoms with Crippen LogP contribution >= 0.6 is 34.8 Å². The highest BCUT2D eigenvalue weighted by atomic mass is 35.5. The second-order valence-corrected chi connectivity index (χ2v) is 7.97. The summed E-state index contributed by atoms with van der Waals surface area (Å²) in [5.41, 5.74) is 1.45. The van der Waals surface area contributed by atoms with Gasteiger partial charge < -0.3 is 10.6 Å². The summed E-state index contributed by atoms with van der Waals surface area (Å²) in [4.78, 5) is 39.0. The minimum atomic E-state index is -0.658. The second kappa shape index (κ2) is 9.04. The number of nitrogens with one attached hydrogen (secondary N) is 2. The maximum absolute atomic E-state index is 12.9. The van der Waals surface area contributed by atoms with Gasteiger partial charge in [0.2, 0.25) is 0 Å². The number of benzene rings is 3. The number of carbonyl (C=O) groups is 3. The number of para-hydroxylation sites is 1. The largest absolute Gasteiger partial charge is 0.350 e. The molecule has 0 bridgehead atoms. The van der Waals surface area contributed by atoms with Crippen LogP contribution in [0.4, 0.5) is 17.1 Å². The Labute approximate surface area is 198 Å². The maximum atomic E-state index is 12.9. The van der Waals surface area contributed by atoms with E-state index >= 15 is 0 Å². The van der Waals surface area contributed by atoms with Gasteiger partial charge in [-0.2, -0.15) is 0 Å². The molecule has 0 saturated carbocycles. The van der Waals surface area contributed by atoms with Crippen molar-refractivity contribution in [3.8, 4) is 0 Å².